The zero-order valence-corrected chi connectivity index (χ0v) is 18.5. The molecule has 5 rings (SSSR count). The maximum Gasteiger partial charge on any atom is 0.214 e. The second-order valence-electron chi connectivity index (χ2n) is 8.56. The lowest BCUT2D eigenvalue weighted by Gasteiger charge is -2.38. The topological polar surface area (TPSA) is 91.8 Å². The van der Waals surface area contributed by atoms with Gasteiger partial charge >= 0.3 is 0 Å². The van der Waals surface area contributed by atoms with Crippen molar-refractivity contribution in [3.8, 4) is 11.4 Å². The molecule has 0 radical (unpaired) electrons. The van der Waals surface area contributed by atoms with Crippen LogP contribution >= 0.6 is 11.6 Å². The summed E-state index contributed by atoms with van der Waals surface area (Å²) in [6, 6.07) is 1.77. The fourth-order valence-corrected chi connectivity index (χ4v) is 6.74. The molecule has 31 heavy (non-hydrogen) atoms. The normalized spacial score (nSPS) is 18.6. The van der Waals surface area contributed by atoms with E-state index in [0.29, 0.717) is 47.3 Å². The van der Waals surface area contributed by atoms with E-state index in [1.807, 2.05) is 0 Å². The molecule has 0 atom stereocenters. The van der Waals surface area contributed by atoms with Gasteiger partial charge in [0, 0.05) is 36.4 Å². The smallest absolute Gasteiger partial charge is 0.214 e. The maximum absolute atomic E-state index is 14.4. The third-order valence-electron chi connectivity index (χ3n) is 6.28. The molecule has 1 saturated carbocycles. The van der Waals surface area contributed by atoms with Crippen LogP contribution in [0.1, 0.15) is 31.4 Å². The molecule has 2 aliphatic rings. The summed E-state index contributed by atoms with van der Waals surface area (Å²) in [5.41, 5.74) is 1.64. The van der Waals surface area contributed by atoms with Gasteiger partial charge in [0.2, 0.25) is 10.0 Å². The predicted molar refractivity (Wildman–Crippen MR) is 117 cm³/mol. The van der Waals surface area contributed by atoms with Crippen molar-refractivity contribution < 1.29 is 12.8 Å². The van der Waals surface area contributed by atoms with Crippen LogP contribution in [-0.4, -0.2) is 51.5 Å². The van der Waals surface area contributed by atoms with E-state index < -0.39 is 15.8 Å². The molecule has 1 aliphatic heterocycles. The highest BCUT2D eigenvalue weighted by molar-refractivity contribution is 7.89. The molecule has 3 aromatic heterocycles. The van der Waals surface area contributed by atoms with E-state index in [1.54, 1.807) is 18.5 Å². The molecule has 0 bridgehead atoms. The average molecular weight is 464 g/mol. The van der Waals surface area contributed by atoms with E-state index in [-0.39, 0.29) is 17.6 Å². The lowest BCUT2D eigenvalue weighted by Crippen LogP contribution is -2.52. The predicted octanol–water partition coefficient (Wildman–Crippen LogP) is 3.81. The van der Waals surface area contributed by atoms with Crippen molar-refractivity contribution in [2.24, 2.45) is 11.8 Å². The van der Waals surface area contributed by atoms with Crippen LogP contribution < -0.4 is 0 Å². The zero-order valence-electron chi connectivity index (χ0n) is 16.9. The second kappa shape index (κ2) is 8.11. The van der Waals surface area contributed by atoms with E-state index in [1.165, 1.54) is 10.5 Å². The number of hydrogen-bond donors (Lipinski definition) is 1. The Morgan fingerprint density at radius 3 is 2.71 bits per heavy atom. The van der Waals surface area contributed by atoms with Crippen LogP contribution in [0.3, 0.4) is 0 Å². The van der Waals surface area contributed by atoms with Gasteiger partial charge in [-0.05, 0) is 37.2 Å². The molecule has 10 heteroatoms. The van der Waals surface area contributed by atoms with Crippen LogP contribution in [0.2, 0.25) is 5.02 Å². The highest BCUT2D eigenvalue weighted by Gasteiger charge is 2.37. The Labute approximate surface area is 185 Å². The molecule has 7 nitrogen and oxygen atoms in total. The van der Waals surface area contributed by atoms with Gasteiger partial charge in [-0.1, -0.05) is 24.4 Å². The lowest BCUT2D eigenvalue weighted by atomic mass is 9.97. The van der Waals surface area contributed by atoms with E-state index in [2.05, 4.69) is 19.9 Å². The first-order valence-corrected chi connectivity index (χ1v) is 12.5. The third kappa shape index (κ3) is 4.18. The van der Waals surface area contributed by atoms with Gasteiger partial charge in [-0.15, -0.1) is 0 Å². The minimum absolute atomic E-state index is 0.0506. The van der Waals surface area contributed by atoms with Crippen LogP contribution in [0.5, 0.6) is 0 Å². The fraction of sp³-hybridized carbons (Fsp3) is 0.476. The Morgan fingerprint density at radius 2 is 1.94 bits per heavy atom. The number of hydrogen-bond acceptors (Lipinski definition) is 5. The zero-order chi connectivity index (χ0) is 21.6. The number of aromatic nitrogens is 4. The van der Waals surface area contributed by atoms with Crippen LogP contribution in [0.25, 0.3) is 22.4 Å². The van der Waals surface area contributed by atoms with Crippen LogP contribution in [0.15, 0.2) is 24.7 Å². The van der Waals surface area contributed by atoms with E-state index in [9.17, 15) is 12.8 Å². The number of rotatable bonds is 6. The van der Waals surface area contributed by atoms with E-state index in [4.69, 9.17) is 11.6 Å². The van der Waals surface area contributed by atoms with Gasteiger partial charge in [0.1, 0.15) is 5.65 Å². The molecule has 2 fully saturated rings. The molecule has 1 aliphatic carbocycles. The fourth-order valence-electron chi connectivity index (χ4n) is 4.57. The summed E-state index contributed by atoms with van der Waals surface area (Å²) in [6.45, 7) is 0.834. The number of nitrogens with one attached hydrogen (secondary N) is 1. The molecule has 1 saturated heterocycles. The van der Waals surface area contributed by atoms with Crippen molar-refractivity contribution in [3.05, 3.63) is 41.2 Å². The maximum atomic E-state index is 14.4. The number of sulfonamides is 1. The van der Waals surface area contributed by atoms with Gasteiger partial charge in [0.25, 0.3) is 0 Å². The van der Waals surface area contributed by atoms with Gasteiger partial charge in [-0.25, -0.2) is 32.1 Å². The Bertz CT molecular complexity index is 1220. The molecule has 4 heterocycles. The van der Waals surface area contributed by atoms with E-state index >= 15 is 0 Å². The standard InChI is InChI=1S/C21H23ClFN5O2S/c22-15-6-16-17(8-25-20(16)24-7-15)21-26-9-18(23)19(27-21)5-14-10-28(11-14)31(29,30)12-13-3-1-2-4-13/h6-9,13-14H,1-5,10-12H2,(H,24,25). The molecule has 0 spiro atoms. The number of fused-ring (bicyclic) bond motifs is 1. The summed E-state index contributed by atoms with van der Waals surface area (Å²) in [7, 11) is -3.23. The monoisotopic (exact) mass is 463 g/mol. The Kier molecular flexibility index (Phi) is 5.44. The molecule has 3 aromatic rings. The summed E-state index contributed by atoms with van der Waals surface area (Å²) in [5, 5.41) is 1.25. The van der Waals surface area contributed by atoms with Gasteiger partial charge < -0.3 is 4.98 Å². The third-order valence-corrected chi connectivity index (χ3v) is 8.46. The largest absolute Gasteiger partial charge is 0.345 e. The Morgan fingerprint density at radius 1 is 1.16 bits per heavy atom. The van der Waals surface area contributed by atoms with Crippen molar-refractivity contribution in [1.29, 1.82) is 0 Å². The Balaban J connectivity index is 1.29. The minimum atomic E-state index is -3.23. The first-order valence-electron chi connectivity index (χ1n) is 10.5. The van der Waals surface area contributed by atoms with Crippen molar-refractivity contribution >= 4 is 32.7 Å². The van der Waals surface area contributed by atoms with E-state index in [0.717, 1.165) is 31.1 Å². The number of H-pyrrole nitrogens is 1. The van der Waals surface area contributed by atoms with Gasteiger partial charge in [-0.2, -0.15) is 0 Å². The number of nitrogens with zero attached hydrogens (tertiary/aromatic N) is 4. The summed E-state index contributed by atoms with van der Waals surface area (Å²) in [6.07, 6.45) is 9.06. The van der Waals surface area contributed by atoms with Gasteiger partial charge in [0.05, 0.1) is 22.7 Å². The van der Waals surface area contributed by atoms with Crippen LogP contribution in [-0.2, 0) is 16.4 Å². The van der Waals surface area contributed by atoms with Crippen molar-refractivity contribution in [2.75, 3.05) is 18.8 Å². The highest BCUT2D eigenvalue weighted by atomic mass is 35.5. The van der Waals surface area contributed by atoms with Gasteiger partial charge in [-0.3, -0.25) is 0 Å². The molecule has 1 N–H and O–H groups in total. The minimum Gasteiger partial charge on any atom is -0.345 e. The second-order valence-corrected chi connectivity index (χ2v) is 11.0. The first kappa shape index (κ1) is 20.8. The van der Waals surface area contributed by atoms with Crippen LogP contribution in [0, 0.1) is 17.7 Å². The number of aromatic amines is 1. The molecular formula is C21H23ClFN5O2S. The molecular weight excluding hydrogens is 441 g/mol. The lowest BCUT2D eigenvalue weighted by molar-refractivity contribution is 0.196. The summed E-state index contributed by atoms with van der Waals surface area (Å²) < 4.78 is 41.1. The SMILES string of the molecule is O=S(=O)(CC1CCCC1)N1CC(Cc2nc(-c3c[nH]c4ncc(Cl)cc34)ncc2F)C1. The summed E-state index contributed by atoms with van der Waals surface area (Å²) >= 11 is 6.06. The Hall–Kier alpha value is -2.10. The van der Waals surface area contributed by atoms with Gasteiger partial charge in [0.15, 0.2) is 11.6 Å². The molecule has 164 valence electrons. The van der Waals surface area contributed by atoms with Crippen LogP contribution in [0.4, 0.5) is 4.39 Å². The molecule has 0 unspecified atom stereocenters. The summed E-state index contributed by atoms with van der Waals surface area (Å²) in [5.74, 6) is 0.478. The highest BCUT2D eigenvalue weighted by Crippen LogP contribution is 2.31. The first-order chi connectivity index (χ1) is 14.9. The summed E-state index contributed by atoms with van der Waals surface area (Å²) in [4.78, 5) is 15.9. The number of pyridine rings is 1. The molecule has 0 aromatic carbocycles. The quantitative estimate of drug-likeness (QED) is 0.600. The van der Waals surface area contributed by atoms with Crippen molar-refractivity contribution in [1.82, 2.24) is 24.2 Å². The van der Waals surface area contributed by atoms with Crippen molar-refractivity contribution in [3.63, 3.8) is 0 Å². The number of halogens is 2. The molecule has 0 amide bonds. The average Bonchev–Trinajstić information content (AvgIpc) is 3.34. The van der Waals surface area contributed by atoms with Crippen molar-refractivity contribution in [2.45, 2.75) is 32.1 Å².